The second-order valence-electron chi connectivity index (χ2n) is 1.36. The average molecular weight is 159 g/mol. The summed E-state index contributed by atoms with van der Waals surface area (Å²) in [5, 5.41) is 0. The Morgan fingerprint density at radius 2 is 1.88 bits per heavy atom. The fourth-order valence-corrected chi connectivity index (χ4v) is 0.548. The van der Waals surface area contributed by atoms with E-state index in [0.717, 1.165) is 4.32 Å². The van der Waals surface area contributed by atoms with E-state index in [-0.39, 0.29) is 29.6 Å². The molecule has 0 aliphatic rings. The summed E-state index contributed by atoms with van der Waals surface area (Å²) in [7, 11) is 3.89. The molecule has 0 saturated carbocycles. The molecule has 0 heterocycles. The quantitative estimate of drug-likeness (QED) is 0.375. The molecule has 0 aromatic carbocycles. The van der Waals surface area contributed by atoms with Gasteiger partial charge in [-0.2, -0.15) is 0 Å². The first-order valence-electron chi connectivity index (χ1n) is 1.93. The van der Waals surface area contributed by atoms with Crippen LogP contribution in [-0.2, 0) is 0 Å². The zero-order valence-electron chi connectivity index (χ0n) is 4.76. The Kier molecular flexibility index (Phi) is 9.52. The Hall–Kier alpha value is 1.24. The zero-order chi connectivity index (χ0) is 5.86. The van der Waals surface area contributed by atoms with Gasteiger partial charge in [-0.25, -0.2) is 0 Å². The van der Waals surface area contributed by atoms with Gasteiger partial charge < -0.3 is 4.90 Å². The molecule has 0 radical (unpaired) electrons. The van der Waals surface area contributed by atoms with Gasteiger partial charge in [-0.05, 0) is 6.26 Å². The number of hydrogen-bond acceptors (Lipinski definition) is 2. The molecule has 0 bridgehead atoms. The van der Waals surface area contributed by atoms with Crippen LogP contribution in [0.2, 0.25) is 0 Å². The molecule has 0 N–H and O–H groups in total. The zero-order valence-corrected chi connectivity index (χ0v) is 6.40. The fourth-order valence-electron chi connectivity index (χ4n) is 0.183. The third-order valence-electron chi connectivity index (χ3n) is 0.540. The van der Waals surface area contributed by atoms with Gasteiger partial charge in [0.2, 0.25) is 0 Å². The van der Waals surface area contributed by atoms with Crippen LogP contribution in [0.1, 0.15) is 0 Å². The number of nitrogens with zero attached hydrogens (tertiary/aromatic N) is 1. The van der Waals surface area contributed by atoms with E-state index in [1.54, 1.807) is 11.8 Å². The van der Waals surface area contributed by atoms with Crippen molar-refractivity contribution in [2.45, 2.75) is 0 Å². The van der Waals surface area contributed by atoms with Crippen molar-refractivity contribution in [2.24, 2.45) is 0 Å². The van der Waals surface area contributed by atoms with Crippen LogP contribution in [0.3, 0.4) is 0 Å². The molecule has 0 spiro atoms. The second kappa shape index (κ2) is 6.36. The topological polar surface area (TPSA) is 3.24 Å². The normalized spacial score (nSPS) is 7.38. The van der Waals surface area contributed by atoms with Crippen LogP contribution >= 0.6 is 24.0 Å². The molecule has 44 valence electrons. The van der Waals surface area contributed by atoms with Gasteiger partial charge in [0.05, 0.1) is 0 Å². The Balaban J connectivity index is 0. The molecule has 0 atom stereocenters. The first kappa shape index (κ1) is 12.0. The summed E-state index contributed by atoms with van der Waals surface area (Å²) < 4.78 is 0.931. The summed E-state index contributed by atoms with van der Waals surface area (Å²) in [6, 6.07) is 0. The Morgan fingerprint density at radius 3 is 1.88 bits per heavy atom. The fraction of sp³-hybridized carbons (Fsp3) is 0.750. The van der Waals surface area contributed by atoms with Crippen LogP contribution in [-0.4, -0.2) is 59.1 Å². The molecule has 0 aliphatic carbocycles. The second-order valence-corrected chi connectivity index (χ2v) is 2.80. The molecule has 0 aliphatic heterocycles. The van der Waals surface area contributed by atoms with Crippen molar-refractivity contribution in [1.29, 1.82) is 0 Å². The predicted molar refractivity (Wildman–Crippen MR) is 46.9 cm³/mol. The minimum absolute atomic E-state index is 0. The number of rotatable bonds is 0. The van der Waals surface area contributed by atoms with Crippen LogP contribution in [0.4, 0.5) is 0 Å². The van der Waals surface area contributed by atoms with Crippen LogP contribution in [0.25, 0.3) is 0 Å². The van der Waals surface area contributed by atoms with Crippen LogP contribution in [0, 0.1) is 0 Å². The molecule has 1 nitrogen and oxygen atoms in total. The summed E-state index contributed by atoms with van der Waals surface area (Å²) in [6.45, 7) is 0. The summed E-state index contributed by atoms with van der Waals surface area (Å²) in [4.78, 5) is 1.92. The van der Waals surface area contributed by atoms with Crippen molar-refractivity contribution in [1.82, 2.24) is 4.90 Å². The van der Waals surface area contributed by atoms with E-state index >= 15 is 0 Å². The van der Waals surface area contributed by atoms with Gasteiger partial charge in [-0.3, -0.25) is 0 Å². The van der Waals surface area contributed by atoms with Gasteiger partial charge >= 0.3 is 29.6 Å². The number of thioether (sulfide) groups is 1. The average Bonchev–Trinajstić information content (AvgIpc) is 1.65. The van der Waals surface area contributed by atoms with E-state index in [2.05, 4.69) is 0 Å². The molecule has 0 unspecified atom stereocenters. The molecule has 4 heteroatoms. The van der Waals surface area contributed by atoms with Gasteiger partial charge in [0.1, 0.15) is 4.32 Å². The van der Waals surface area contributed by atoms with Crippen LogP contribution in [0.15, 0.2) is 0 Å². The van der Waals surface area contributed by atoms with Crippen molar-refractivity contribution in [3.8, 4) is 0 Å². The number of thiocarbonyl (C=S) groups is 1. The molecule has 8 heavy (non-hydrogen) atoms. The molecular weight excluding hydrogens is 149 g/mol. The third kappa shape index (κ3) is 5.38. The van der Waals surface area contributed by atoms with Crippen LogP contribution in [0.5, 0.6) is 0 Å². The van der Waals surface area contributed by atoms with E-state index < -0.39 is 0 Å². The molecular formula is C4H10NNaS2. The summed E-state index contributed by atoms with van der Waals surface area (Å²) in [6.07, 6.45) is 1.97. The van der Waals surface area contributed by atoms with Crippen molar-refractivity contribution >= 4 is 57.9 Å². The maximum absolute atomic E-state index is 4.87. The third-order valence-corrected chi connectivity index (χ3v) is 2.12. The monoisotopic (exact) mass is 159 g/mol. The first-order valence-corrected chi connectivity index (χ1v) is 3.57. The Labute approximate surface area is 82.5 Å². The van der Waals surface area contributed by atoms with Crippen molar-refractivity contribution in [2.75, 3.05) is 20.4 Å². The summed E-state index contributed by atoms with van der Waals surface area (Å²) in [5.74, 6) is 0. The predicted octanol–water partition coefficient (Wildman–Crippen LogP) is 0.547. The van der Waals surface area contributed by atoms with E-state index in [1.165, 1.54) is 0 Å². The van der Waals surface area contributed by atoms with Crippen molar-refractivity contribution < 1.29 is 0 Å². The molecule has 0 rings (SSSR count). The molecule has 0 aromatic heterocycles. The van der Waals surface area contributed by atoms with Gasteiger partial charge in [0, 0.05) is 14.1 Å². The van der Waals surface area contributed by atoms with Crippen LogP contribution < -0.4 is 0 Å². The van der Waals surface area contributed by atoms with E-state index in [4.69, 9.17) is 12.2 Å². The van der Waals surface area contributed by atoms with E-state index in [9.17, 15) is 0 Å². The molecule has 0 aromatic rings. The van der Waals surface area contributed by atoms with Crippen molar-refractivity contribution in [3.63, 3.8) is 0 Å². The number of hydrogen-bond donors (Lipinski definition) is 0. The standard InChI is InChI=1S/C4H9NS2.Na.H/c1-5(2)4(6)7-3;;/h1-3H3;;. The SMILES string of the molecule is CSC(=S)N(C)C.[NaH]. The van der Waals surface area contributed by atoms with E-state index in [1.807, 2.05) is 25.3 Å². The summed E-state index contributed by atoms with van der Waals surface area (Å²) in [5.41, 5.74) is 0. The summed E-state index contributed by atoms with van der Waals surface area (Å²) >= 11 is 6.46. The van der Waals surface area contributed by atoms with Gasteiger partial charge in [0.15, 0.2) is 0 Å². The van der Waals surface area contributed by atoms with Gasteiger partial charge in [0.25, 0.3) is 0 Å². The minimum atomic E-state index is 0. The Bertz CT molecular complexity index is 74.4. The van der Waals surface area contributed by atoms with Gasteiger partial charge in [-0.15, -0.1) is 11.8 Å². The Morgan fingerprint density at radius 1 is 1.50 bits per heavy atom. The van der Waals surface area contributed by atoms with Crippen molar-refractivity contribution in [3.05, 3.63) is 0 Å². The first-order chi connectivity index (χ1) is 3.18. The molecule has 0 fully saturated rings. The van der Waals surface area contributed by atoms with Gasteiger partial charge in [-0.1, -0.05) is 12.2 Å². The maximum atomic E-state index is 4.87. The molecule has 0 amide bonds. The van der Waals surface area contributed by atoms with E-state index in [0.29, 0.717) is 0 Å². The molecule has 0 saturated heterocycles.